The third-order valence-electron chi connectivity index (χ3n) is 4.08. The Bertz CT molecular complexity index is 861. The van der Waals surface area contributed by atoms with Gasteiger partial charge < -0.3 is 10.1 Å². The second kappa shape index (κ2) is 6.55. The minimum atomic E-state index is -0.569. The third kappa shape index (κ3) is 2.84. The number of hydrogen-bond donors (Lipinski definition) is 1. The molecule has 0 aliphatic carbocycles. The molecule has 0 saturated carbocycles. The number of aromatic nitrogens is 1. The van der Waals surface area contributed by atoms with Gasteiger partial charge in [-0.05, 0) is 17.5 Å². The van der Waals surface area contributed by atoms with Crippen LogP contribution in [0.15, 0.2) is 60.1 Å². The van der Waals surface area contributed by atoms with E-state index in [1.54, 1.807) is 5.51 Å². The molecule has 0 bridgehead atoms. The zero-order chi connectivity index (χ0) is 16.4. The Kier molecular flexibility index (Phi) is 4.11. The van der Waals surface area contributed by atoms with Crippen molar-refractivity contribution in [2.75, 3.05) is 11.9 Å². The van der Waals surface area contributed by atoms with Crippen molar-refractivity contribution in [1.29, 1.82) is 0 Å². The van der Waals surface area contributed by atoms with Crippen LogP contribution in [0.2, 0.25) is 0 Å². The number of hydrogen-bond acceptors (Lipinski definition) is 4. The van der Waals surface area contributed by atoms with E-state index in [9.17, 15) is 4.79 Å². The number of carbonyl (C=O) groups is 1. The van der Waals surface area contributed by atoms with Crippen LogP contribution in [0.3, 0.4) is 0 Å². The number of nitrogens with zero attached hydrogens (tertiary/aromatic N) is 1. The lowest BCUT2D eigenvalue weighted by atomic mass is 9.97. The van der Waals surface area contributed by atoms with Crippen molar-refractivity contribution in [3.05, 3.63) is 71.2 Å². The third-order valence-corrected chi connectivity index (χ3v) is 4.82. The van der Waals surface area contributed by atoms with Crippen molar-refractivity contribution in [1.82, 2.24) is 4.98 Å². The molecule has 1 amide bonds. The molecule has 0 saturated heterocycles. The van der Waals surface area contributed by atoms with Crippen LogP contribution in [0.4, 0.5) is 5.00 Å². The van der Waals surface area contributed by atoms with Crippen LogP contribution >= 0.6 is 11.3 Å². The fourth-order valence-corrected chi connectivity index (χ4v) is 3.63. The maximum atomic E-state index is 12.8. The molecule has 2 heterocycles. The average Bonchev–Trinajstić information content (AvgIpc) is 3.10. The smallest absolute Gasteiger partial charge is 0.258 e. The highest BCUT2D eigenvalue weighted by molar-refractivity contribution is 7.14. The summed E-state index contributed by atoms with van der Waals surface area (Å²) in [6.45, 7) is 0.559. The van der Waals surface area contributed by atoms with Crippen molar-refractivity contribution in [3.8, 4) is 11.3 Å². The number of rotatable bonds is 3. The Morgan fingerprint density at radius 3 is 2.79 bits per heavy atom. The highest BCUT2D eigenvalue weighted by atomic mass is 32.1. The predicted molar refractivity (Wildman–Crippen MR) is 95.0 cm³/mol. The first-order chi connectivity index (χ1) is 11.8. The van der Waals surface area contributed by atoms with Crippen LogP contribution in [0.5, 0.6) is 0 Å². The molecule has 1 N–H and O–H groups in total. The van der Waals surface area contributed by atoms with Crippen molar-refractivity contribution in [3.63, 3.8) is 0 Å². The van der Waals surface area contributed by atoms with Gasteiger partial charge in [0.2, 0.25) is 0 Å². The van der Waals surface area contributed by atoms with Crippen LogP contribution in [-0.2, 0) is 16.0 Å². The largest absolute Gasteiger partial charge is 0.363 e. The lowest BCUT2D eigenvalue weighted by Gasteiger charge is -2.25. The molecule has 1 aliphatic rings. The molecule has 4 rings (SSSR count). The topological polar surface area (TPSA) is 51.2 Å². The van der Waals surface area contributed by atoms with E-state index in [4.69, 9.17) is 4.74 Å². The molecule has 4 nitrogen and oxygen atoms in total. The Hall–Kier alpha value is -2.50. The van der Waals surface area contributed by atoms with Gasteiger partial charge in [-0.15, -0.1) is 11.3 Å². The highest BCUT2D eigenvalue weighted by Crippen LogP contribution is 2.33. The monoisotopic (exact) mass is 336 g/mol. The van der Waals surface area contributed by atoms with Gasteiger partial charge in [0.15, 0.2) is 6.10 Å². The van der Waals surface area contributed by atoms with Crippen LogP contribution in [0, 0.1) is 0 Å². The molecule has 1 atom stereocenters. The number of benzene rings is 2. The van der Waals surface area contributed by atoms with E-state index >= 15 is 0 Å². The molecular weight excluding hydrogens is 320 g/mol. The SMILES string of the molecule is O=C(Nc1scnc1-c1ccccc1)[C@H]1OCCc2ccccc21. The van der Waals surface area contributed by atoms with Crippen LogP contribution < -0.4 is 5.32 Å². The van der Waals surface area contributed by atoms with Gasteiger partial charge >= 0.3 is 0 Å². The number of amides is 1. The number of anilines is 1. The average molecular weight is 336 g/mol. The van der Waals surface area contributed by atoms with E-state index in [0.717, 1.165) is 28.2 Å². The minimum Gasteiger partial charge on any atom is -0.363 e. The summed E-state index contributed by atoms with van der Waals surface area (Å²) in [6, 6.07) is 17.8. The van der Waals surface area contributed by atoms with Gasteiger partial charge in [0, 0.05) is 5.56 Å². The summed E-state index contributed by atoms with van der Waals surface area (Å²) in [5, 5.41) is 3.74. The summed E-state index contributed by atoms with van der Waals surface area (Å²) < 4.78 is 5.73. The van der Waals surface area contributed by atoms with E-state index in [1.165, 1.54) is 16.9 Å². The van der Waals surface area contributed by atoms with Gasteiger partial charge in [0.05, 0.1) is 12.1 Å². The second-order valence-corrected chi connectivity index (χ2v) is 6.44. The number of thiazole rings is 1. The Morgan fingerprint density at radius 1 is 1.12 bits per heavy atom. The van der Waals surface area contributed by atoms with Crippen LogP contribution in [0.25, 0.3) is 11.3 Å². The van der Waals surface area contributed by atoms with Gasteiger partial charge in [-0.2, -0.15) is 0 Å². The molecule has 0 unspecified atom stereocenters. The lowest BCUT2D eigenvalue weighted by molar-refractivity contribution is -0.128. The number of ether oxygens (including phenoxy) is 1. The predicted octanol–water partition coefficient (Wildman–Crippen LogP) is 4.06. The summed E-state index contributed by atoms with van der Waals surface area (Å²) >= 11 is 1.42. The van der Waals surface area contributed by atoms with Crippen molar-refractivity contribution < 1.29 is 9.53 Å². The van der Waals surface area contributed by atoms with Crippen molar-refractivity contribution in [2.24, 2.45) is 0 Å². The van der Waals surface area contributed by atoms with Crippen LogP contribution in [0.1, 0.15) is 17.2 Å². The molecule has 24 heavy (non-hydrogen) atoms. The van der Waals surface area contributed by atoms with E-state index in [1.807, 2.05) is 48.5 Å². The van der Waals surface area contributed by atoms with E-state index in [0.29, 0.717) is 6.61 Å². The molecule has 120 valence electrons. The van der Waals surface area contributed by atoms with Gasteiger partial charge in [-0.1, -0.05) is 54.6 Å². The summed E-state index contributed by atoms with van der Waals surface area (Å²) in [6.07, 6.45) is 0.274. The first-order valence-corrected chi connectivity index (χ1v) is 8.70. The molecule has 0 fully saturated rings. The number of carbonyl (C=O) groups excluding carboxylic acids is 1. The summed E-state index contributed by atoms with van der Waals surface area (Å²) in [7, 11) is 0. The van der Waals surface area contributed by atoms with Gasteiger partial charge in [-0.25, -0.2) is 4.98 Å². The zero-order valence-electron chi connectivity index (χ0n) is 12.9. The first kappa shape index (κ1) is 15.1. The normalized spacial score (nSPS) is 16.4. The van der Waals surface area contributed by atoms with Gasteiger partial charge in [0.1, 0.15) is 10.7 Å². The number of fused-ring (bicyclic) bond motifs is 1. The lowest BCUT2D eigenvalue weighted by Crippen LogP contribution is -2.28. The number of nitrogens with one attached hydrogen (secondary N) is 1. The molecule has 0 radical (unpaired) electrons. The quantitative estimate of drug-likeness (QED) is 0.784. The zero-order valence-corrected chi connectivity index (χ0v) is 13.8. The standard InChI is InChI=1S/C19H16N2O2S/c22-18(17-15-9-5-4-6-13(15)10-11-23-17)21-19-16(20-12-24-19)14-7-2-1-3-8-14/h1-9,12,17H,10-11H2,(H,21,22)/t17-/m0/s1. The molecule has 1 aliphatic heterocycles. The van der Waals surface area contributed by atoms with E-state index in [-0.39, 0.29) is 5.91 Å². The molecular formula is C19H16N2O2S. The maximum Gasteiger partial charge on any atom is 0.258 e. The molecule has 1 aromatic heterocycles. The van der Waals surface area contributed by atoms with Gasteiger partial charge in [0.25, 0.3) is 5.91 Å². The van der Waals surface area contributed by atoms with Crippen LogP contribution in [-0.4, -0.2) is 17.5 Å². The molecule has 5 heteroatoms. The van der Waals surface area contributed by atoms with E-state index in [2.05, 4.69) is 16.4 Å². The summed E-state index contributed by atoms with van der Waals surface area (Å²) in [4.78, 5) is 17.1. The maximum absolute atomic E-state index is 12.8. The summed E-state index contributed by atoms with van der Waals surface area (Å²) in [5.41, 5.74) is 5.65. The highest BCUT2D eigenvalue weighted by Gasteiger charge is 2.28. The van der Waals surface area contributed by atoms with Crippen molar-refractivity contribution >= 4 is 22.2 Å². The Morgan fingerprint density at radius 2 is 1.92 bits per heavy atom. The van der Waals surface area contributed by atoms with E-state index < -0.39 is 6.10 Å². The second-order valence-electron chi connectivity index (χ2n) is 5.59. The fourth-order valence-electron chi connectivity index (χ4n) is 2.93. The molecule has 0 spiro atoms. The molecule has 3 aromatic rings. The molecule has 2 aromatic carbocycles. The van der Waals surface area contributed by atoms with Crippen molar-refractivity contribution in [2.45, 2.75) is 12.5 Å². The summed E-state index contributed by atoms with van der Waals surface area (Å²) in [5.74, 6) is -0.149. The fraction of sp³-hybridized carbons (Fsp3) is 0.158. The minimum absolute atomic E-state index is 0.149. The van der Waals surface area contributed by atoms with Gasteiger partial charge in [-0.3, -0.25) is 4.79 Å². The Balaban J connectivity index is 1.60. The first-order valence-electron chi connectivity index (χ1n) is 7.82. The Labute approximate surface area is 144 Å².